The van der Waals surface area contributed by atoms with Gasteiger partial charge in [-0.15, -0.1) is 0 Å². The first-order valence-electron chi connectivity index (χ1n) is 10.6. The van der Waals surface area contributed by atoms with Crippen molar-refractivity contribution in [3.05, 3.63) is 119 Å². The molecule has 1 amide bonds. The molecule has 0 saturated heterocycles. The quantitative estimate of drug-likeness (QED) is 0.251. The number of nitrogens with one attached hydrogen (secondary N) is 1. The fourth-order valence-electron chi connectivity index (χ4n) is 3.26. The van der Waals surface area contributed by atoms with Crippen molar-refractivity contribution in [3.8, 4) is 17.4 Å². The van der Waals surface area contributed by atoms with E-state index >= 15 is 0 Å². The van der Waals surface area contributed by atoms with Crippen molar-refractivity contribution in [1.29, 1.82) is 0 Å². The first kappa shape index (κ1) is 23.0. The molecule has 0 fully saturated rings. The topological polar surface area (TPSA) is 77.5 Å². The Kier molecular flexibility index (Phi) is 7.53. The summed E-state index contributed by atoms with van der Waals surface area (Å²) in [4.78, 5) is 29.6. The van der Waals surface area contributed by atoms with E-state index in [9.17, 15) is 9.59 Å². The van der Waals surface area contributed by atoms with Gasteiger partial charge in [-0.05, 0) is 48.0 Å². The van der Waals surface area contributed by atoms with Gasteiger partial charge in [0.2, 0.25) is 5.88 Å². The number of aromatic nitrogens is 1. The first-order chi connectivity index (χ1) is 16.6. The van der Waals surface area contributed by atoms with Crippen molar-refractivity contribution in [3.63, 3.8) is 0 Å². The molecular formula is C27H21ClN2O4. The van der Waals surface area contributed by atoms with Crippen LogP contribution in [-0.2, 0) is 4.79 Å². The molecule has 0 bridgehead atoms. The molecule has 0 aliphatic carbocycles. The fraction of sp³-hybridized carbons (Fsp3) is 0.0741. The highest BCUT2D eigenvalue weighted by molar-refractivity contribution is 6.33. The predicted molar refractivity (Wildman–Crippen MR) is 129 cm³/mol. The summed E-state index contributed by atoms with van der Waals surface area (Å²) in [6.45, 7) is 0. The van der Waals surface area contributed by atoms with E-state index in [1.165, 1.54) is 0 Å². The van der Waals surface area contributed by atoms with Crippen LogP contribution in [0.5, 0.6) is 17.4 Å². The van der Waals surface area contributed by atoms with Crippen LogP contribution in [0.4, 0.5) is 0 Å². The number of hydrogen-bond donors (Lipinski definition) is 1. The van der Waals surface area contributed by atoms with E-state index in [0.717, 1.165) is 5.56 Å². The van der Waals surface area contributed by atoms with Crippen LogP contribution in [0.2, 0.25) is 5.02 Å². The highest BCUT2D eigenvalue weighted by Crippen LogP contribution is 2.24. The van der Waals surface area contributed by atoms with E-state index in [2.05, 4.69) is 10.3 Å². The average molecular weight is 473 g/mol. The SMILES string of the molecule is O=C(CC(NC(=O)c1ccccc1Cl)c1ccccc1)Oc1ccc(Oc2ccccn2)cc1. The van der Waals surface area contributed by atoms with Gasteiger partial charge in [0.05, 0.1) is 23.0 Å². The second kappa shape index (κ2) is 11.1. The highest BCUT2D eigenvalue weighted by atomic mass is 35.5. The van der Waals surface area contributed by atoms with Gasteiger partial charge in [0.1, 0.15) is 11.5 Å². The summed E-state index contributed by atoms with van der Waals surface area (Å²) in [5.41, 5.74) is 1.11. The number of ether oxygens (including phenoxy) is 2. The molecule has 1 heterocycles. The van der Waals surface area contributed by atoms with E-state index < -0.39 is 12.0 Å². The van der Waals surface area contributed by atoms with Crippen LogP contribution in [-0.4, -0.2) is 16.9 Å². The summed E-state index contributed by atoms with van der Waals surface area (Å²) in [7, 11) is 0. The van der Waals surface area contributed by atoms with E-state index in [4.69, 9.17) is 21.1 Å². The lowest BCUT2D eigenvalue weighted by Gasteiger charge is -2.19. The van der Waals surface area contributed by atoms with Gasteiger partial charge in [-0.2, -0.15) is 0 Å². The van der Waals surface area contributed by atoms with Crippen LogP contribution in [0.15, 0.2) is 103 Å². The molecule has 0 aliphatic heterocycles. The third kappa shape index (κ3) is 6.21. The minimum Gasteiger partial charge on any atom is -0.439 e. The minimum atomic E-state index is -0.593. The summed E-state index contributed by atoms with van der Waals surface area (Å²) >= 11 is 6.16. The molecule has 0 saturated carbocycles. The number of nitrogens with zero attached hydrogens (tertiary/aromatic N) is 1. The van der Waals surface area contributed by atoms with Gasteiger partial charge in [-0.3, -0.25) is 9.59 Å². The van der Waals surface area contributed by atoms with Crippen molar-refractivity contribution in [2.75, 3.05) is 0 Å². The van der Waals surface area contributed by atoms with Gasteiger partial charge >= 0.3 is 5.97 Å². The van der Waals surface area contributed by atoms with Crippen molar-refractivity contribution >= 4 is 23.5 Å². The molecule has 4 rings (SSSR count). The number of carbonyl (C=O) groups excluding carboxylic acids is 2. The Morgan fingerprint density at radius 2 is 1.50 bits per heavy atom. The summed E-state index contributed by atoms with van der Waals surface area (Å²) < 4.78 is 11.1. The van der Waals surface area contributed by atoms with Crippen LogP contribution in [0.3, 0.4) is 0 Å². The van der Waals surface area contributed by atoms with Gasteiger partial charge in [0.15, 0.2) is 0 Å². The second-order valence-corrected chi connectivity index (χ2v) is 7.74. The van der Waals surface area contributed by atoms with Crippen LogP contribution >= 0.6 is 11.6 Å². The molecule has 34 heavy (non-hydrogen) atoms. The van der Waals surface area contributed by atoms with Crippen molar-refractivity contribution in [2.24, 2.45) is 0 Å². The second-order valence-electron chi connectivity index (χ2n) is 7.34. The van der Waals surface area contributed by atoms with E-state index in [0.29, 0.717) is 28.0 Å². The Balaban J connectivity index is 1.42. The summed E-state index contributed by atoms with van der Waals surface area (Å²) in [5, 5.41) is 3.23. The van der Waals surface area contributed by atoms with Gasteiger partial charge < -0.3 is 14.8 Å². The Bertz CT molecular complexity index is 1250. The normalized spacial score (nSPS) is 11.3. The van der Waals surface area contributed by atoms with Crippen LogP contribution in [0.25, 0.3) is 0 Å². The molecule has 6 nitrogen and oxygen atoms in total. The van der Waals surface area contributed by atoms with Crippen LogP contribution < -0.4 is 14.8 Å². The van der Waals surface area contributed by atoms with Crippen LogP contribution in [0.1, 0.15) is 28.4 Å². The van der Waals surface area contributed by atoms with Crippen molar-refractivity contribution in [1.82, 2.24) is 10.3 Å². The maximum absolute atomic E-state index is 12.8. The molecule has 1 aromatic heterocycles. The molecule has 170 valence electrons. The van der Waals surface area contributed by atoms with Gasteiger partial charge in [-0.25, -0.2) is 4.98 Å². The lowest BCUT2D eigenvalue weighted by molar-refractivity contribution is -0.134. The number of hydrogen-bond acceptors (Lipinski definition) is 5. The maximum atomic E-state index is 12.8. The Hall–Kier alpha value is -4.16. The standard InChI is InChI=1S/C27H21ClN2O4/c28-23-11-5-4-10-22(23)27(32)30-24(19-8-2-1-3-9-19)18-26(31)34-21-15-13-20(14-16-21)33-25-12-6-7-17-29-25/h1-17,24H,18H2,(H,30,32). The highest BCUT2D eigenvalue weighted by Gasteiger charge is 2.21. The zero-order valence-corrected chi connectivity index (χ0v) is 18.8. The molecular weight excluding hydrogens is 452 g/mol. The maximum Gasteiger partial charge on any atom is 0.313 e. The lowest BCUT2D eigenvalue weighted by Crippen LogP contribution is -2.31. The zero-order chi connectivity index (χ0) is 23.8. The Labute approximate surface area is 202 Å². The predicted octanol–water partition coefficient (Wildman–Crippen LogP) is 5.99. The van der Waals surface area contributed by atoms with E-state index in [-0.39, 0.29) is 12.3 Å². The molecule has 1 unspecified atom stereocenters. The zero-order valence-electron chi connectivity index (χ0n) is 18.1. The largest absolute Gasteiger partial charge is 0.439 e. The Morgan fingerprint density at radius 1 is 0.824 bits per heavy atom. The summed E-state index contributed by atoms with van der Waals surface area (Å²) in [6, 6.07) is 27.4. The van der Waals surface area contributed by atoms with E-state index in [1.807, 2.05) is 36.4 Å². The molecule has 1 N–H and O–H groups in total. The monoisotopic (exact) mass is 472 g/mol. The number of esters is 1. The van der Waals surface area contributed by atoms with Gasteiger partial charge in [0, 0.05) is 12.3 Å². The van der Waals surface area contributed by atoms with E-state index in [1.54, 1.807) is 66.9 Å². The molecule has 1 atom stereocenters. The molecule has 4 aromatic rings. The van der Waals surface area contributed by atoms with Gasteiger partial charge in [-0.1, -0.05) is 60.1 Å². The number of amides is 1. The minimum absolute atomic E-state index is 0.0631. The number of benzene rings is 3. The summed E-state index contributed by atoms with van der Waals surface area (Å²) in [6.07, 6.45) is 1.57. The molecule has 7 heteroatoms. The van der Waals surface area contributed by atoms with Crippen molar-refractivity contribution < 1.29 is 19.1 Å². The summed E-state index contributed by atoms with van der Waals surface area (Å²) in [5.74, 6) is 0.525. The average Bonchev–Trinajstić information content (AvgIpc) is 2.86. The third-order valence-corrected chi connectivity index (χ3v) is 5.24. The van der Waals surface area contributed by atoms with Gasteiger partial charge in [0.25, 0.3) is 5.91 Å². The third-order valence-electron chi connectivity index (χ3n) is 4.91. The fourth-order valence-corrected chi connectivity index (χ4v) is 3.48. The van der Waals surface area contributed by atoms with Crippen LogP contribution in [0, 0.1) is 0 Å². The number of rotatable bonds is 8. The van der Waals surface area contributed by atoms with Crippen molar-refractivity contribution in [2.45, 2.75) is 12.5 Å². The number of carbonyl (C=O) groups is 2. The molecule has 0 aliphatic rings. The molecule has 0 radical (unpaired) electrons. The molecule has 3 aromatic carbocycles. The number of pyridine rings is 1. The smallest absolute Gasteiger partial charge is 0.313 e. The first-order valence-corrected chi connectivity index (χ1v) is 11.0. The Morgan fingerprint density at radius 3 is 2.21 bits per heavy atom. The number of halogens is 1. The molecule has 0 spiro atoms. The lowest BCUT2D eigenvalue weighted by atomic mass is 10.0.